The zero-order chi connectivity index (χ0) is 18.3. The normalized spacial score (nSPS) is 12.0. The molecule has 26 heavy (non-hydrogen) atoms. The van der Waals surface area contributed by atoms with Crippen molar-refractivity contribution < 1.29 is 42.7 Å². The minimum atomic E-state index is -0.155. The average Bonchev–Trinajstić information content (AvgIpc) is 2.59. The van der Waals surface area contributed by atoms with Gasteiger partial charge in [0, 0.05) is 0 Å². The summed E-state index contributed by atoms with van der Waals surface area (Å²) >= 11 is 0. The Hall–Kier alpha value is -1.60. The zero-order valence-corrected chi connectivity index (χ0v) is 18.1. The molecule has 0 aliphatic heterocycles. The number of rotatable bonds is 8. The van der Waals surface area contributed by atoms with E-state index in [4.69, 9.17) is 9.47 Å². The summed E-state index contributed by atoms with van der Waals surface area (Å²) in [6.07, 6.45) is 0.668. The average molecular weight is 469 g/mol. The summed E-state index contributed by atoms with van der Waals surface area (Å²) in [6.45, 7) is 1.28. The van der Waals surface area contributed by atoms with Crippen molar-refractivity contribution in [2.75, 3.05) is 34.8 Å². The Morgan fingerprint density at radius 2 is 1.58 bits per heavy atom. The number of ether oxygens (including phenoxy) is 2. The number of benzene rings is 2. The Bertz CT molecular complexity index is 666. The van der Waals surface area contributed by atoms with Gasteiger partial charge in [-0.2, -0.15) is 0 Å². The van der Waals surface area contributed by atoms with Gasteiger partial charge in [-0.15, -0.1) is 0 Å². The maximum absolute atomic E-state index is 12.1. The number of methoxy groups -OCH3 is 1. The van der Waals surface area contributed by atoms with Crippen LogP contribution in [0.3, 0.4) is 0 Å². The zero-order valence-electron chi connectivity index (χ0n) is 15.9. The maximum Gasteiger partial charge on any atom is 0.314 e. The molecule has 1 atom stereocenters. The second kappa shape index (κ2) is 10.5. The fourth-order valence-electron chi connectivity index (χ4n) is 2.80. The molecule has 0 aromatic heterocycles. The molecule has 4 nitrogen and oxygen atoms in total. The fraction of sp³-hybridized carbons (Fsp3) is 0.381. The quantitative estimate of drug-likeness (QED) is 0.317. The Kier molecular flexibility index (Phi) is 9.08. The Morgan fingerprint density at radius 3 is 2.12 bits per heavy atom. The van der Waals surface area contributed by atoms with Crippen LogP contribution >= 0.6 is 0 Å². The number of carbonyl (C=O) groups is 1. The van der Waals surface area contributed by atoms with Crippen LogP contribution in [0, 0.1) is 5.92 Å². The van der Waals surface area contributed by atoms with Crippen molar-refractivity contribution in [3.63, 3.8) is 0 Å². The van der Waals surface area contributed by atoms with Crippen LogP contribution < -0.4 is 28.7 Å². The highest BCUT2D eigenvalue weighted by Gasteiger charge is 2.26. The maximum atomic E-state index is 12.1. The third-order valence-electron chi connectivity index (χ3n) is 3.96. The summed E-state index contributed by atoms with van der Waals surface area (Å²) < 4.78 is 11.5. The van der Waals surface area contributed by atoms with Crippen LogP contribution in [-0.4, -0.2) is 45.2 Å². The number of quaternary nitrogens is 1. The topological polar surface area (TPSA) is 35.5 Å². The smallest absolute Gasteiger partial charge is 0.314 e. The molecule has 0 saturated carbocycles. The predicted molar refractivity (Wildman–Crippen MR) is 99.3 cm³/mol. The lowest BCUT2D eigenvalue weighted by molar-refractivity contribution is -0.872. The first-order chi connectivity index (χ1) is 11.9. The summed E-state index contributed by atoms with van der Waals surface area (Å²) in [5.74, 6) is 0.521. The number of halogens is 1. The first-order valence-electron chi connectivity index (χ1n) is 8.51. The van der Waals surface area contributed by atoms with Crippen LogP contribution in [0.15, 0.2) is 54.6 Å². The molecule has 0 aliphatic rings. The van der Waals surface area contributed by atoms with E-state index >= 15 is 0 Å². The first kappa shape index (κ1) is 22.4. The van der Waals surface area contributed by atoms with Crippen LogP contribution in [0.4, 0.5) is 0 Å². The van der Waals surface area contributed by atoms with Crippen LogP contribution in [0.5, 0.6) is 5.75 Å². The molecule has 142 valence electrons. The van der Waals surface area contributed by atoms with Gasteiger partial charge >= 0.3 is 5.97 Å². The summed E-state index contributed by atoms with van der Waals surface area (Å²) in [6, 6.07) is 18.0. The summed E-state index contributed by atoms with van der Waals surface area (Å²) in [4.78, 5) is 12.1. The van der Waals surface area contributed by atoms with Gasteiger partial charge in [0.05, 0.1) is 34.8 Å². The van der Waals surface area contributed by atoms with Crippen molar-refractivity contribution in [3.8, 4) is 5.75 Å². The van der Waals surface area contributed by atoms with E-state index in [9.17, 15) is 4.79 Å². The van der Waals surface area contributed by atoms with Gasteiger partial charge in [0.1, 0.15) is 18.3 Å². The van der Waals surface area contributed by atoms with Crippen molar-refractivity contribution in [3.05, 3.63) is 65.7 Å². The third-order valence-corrected chi connectivity index (χ3v) is 3.96. The minimum Gasteiger partial charge on any atom is -1.00 e. The second-order valence-corrected chi connectivity index (χ2v) is 7.32. The van der Waals surface area contributed by atoms with E-state index in [-0.39, 0.29) is 35.9 Å². The van der Waals surface area contributed by atoms with Crippen LogP contribution in [0.1, 0.15) is 11.1 Å². The van der Waals surface area contributed by atoms with Crippen molar-refractivity contribution in [1.29, 1.82) is 0 Å². The Balaban J connectivity index is 0.00000338. The minimum absolute atomic E-state index is 0. The second-order valence-electron chi connectivity index (χ2n) is 7.32. The van der Waals surface area contributed by atoms with Crippen molar-refractivity contribution in [1.82, 2.24) is 0 Å². The highest BCUT2D eigenvalue weighted by atomic mass is 127. The number of nitrogens with zero attached hydrogens (tertiary/aromatic N) is 1. The lowest BCUT2D eigenvalue weighted by Gasteiger charge is -2.28. The molecule has 0 bridgehead atoms. The molecule has 0 amide bonds. The third kappa shape index (κ3) is 7.74. The summed E-state index contributed by atoms with van der Waals surface area (Å²) in [7, 11) is 7.69. The van der Waals surface area contributed by atoms with E-state index in [1.54, 1.807) is 0 Å². The number of hydrogen-bond donors (Lipinski definition) is 0. The molecule has 0 spiro atoms. The number of carbonyl (C=O) groups excluding carboxylic acids is 1. The molecule has 0 saturated heterocycles. The lowest BCUT2D eigenvalue weighted by Crippen LogP contribution is -3.00. The molecule has 1 unspecified atom stereocenters. The Morgan fingerprint density at radius 1 is 0.962 bits per heavy atom. The van der Waals surface area contributed by atoms with E-state index in [0.717, 1.165) is 27.9 Å². The standard InChI is InChI=1S/C21H28NO3.HI/c1-22(2,3)15-19(21(23)24-4)14-17-10-12-20(13-11-17)25-16-18-8-6-5-7-9-18;/h5-13,19H,14-16H2,1-4H3;1H/q+1;/p-1. The van der Waals surface area contributed by atoms with Crippen molar-refractivity contribution in [2.24, 2.45) is 5.92 Å². The summed E-state index contributed by atoms with van der Waals surface area (Å²) in [5.41, 5.74) is 2.25. The molecule has 0 heterocycles. The highest BCUT2D eigenvalue weighted by Crippen LogP contribution is 2.18. The van der Waals surface area contributed by atoms with Gasteiger partial charge in [-0.05, 0) is 29.7 Å². The molecule has 2 rings (SSSR count). The van der Waals surface area contributed by atoms with E-state index in [1.165, 1.54) is 7.11 Å². The van der Waals surface area contributed by atoms with Crippen molar-refractivity contribution >= 4 is 5.97 Å². The molecule has 0 fully saturated rings. The Labute approximate surface area is 173 Å². The van der Waals surface area contributed by atoms with Crippen LogP contribution in [-0.2, 0) is 22.6 Å². The van der Waals surface area contributed by atoms with E-state index in [1.807, 2.05) is 54.6 Å². The molecule has 2 aromatic rings. The van der Waals surface area contributed by atoms with Gasteiger partial charge in [-0.1, -0.05) is 42.5 Å². The van der Waals surface area contributed by atoms with Gasteiger partial charge in [0.15, 0.2) is 0 Å². The van der Waals surface area contributed by atoms with Gasteiger partial charge in [0.2, 0.25) is 0 Å². The largest absolute Gasteiger partial charge is 1.00 e. The first-order valence-corrected chi connectivity index (χ1v) is 8.51. The molecule has 0 aliphatic carbocycles. The van der Waals surface area contributed by atoms with Crippen LogP contribution in [0.2, 0.25) is 0 Å². The molecular weight excluding hydrogens is 441 g/mol. The number of hydrogen-bond acceptors (Lipinski definition) is 3. The molecule has 0 radical (unpaired) electrons. The molecular formula is C21H28INO3. The van der Waals surface area contributed by atoms with E-state index in [2.05, 4.69) is 21.1 Å². The van der Waals surface area contributed by atoms with Gasteiger partial charge in [-0.25, -0.2) is 0 Å². The van der Waals surface area contributed by atoms with E-state index in [0.29, 0.717) is 13.0 Å². The molecule has 2 aromatic carbocycles. The van der Waals surface area contributed by atoms with E-state index < -0.39 is 0 Å². The summed E-state index contributed by atoms with van der Waals surface area (Å²) in [5, 5.41) is 0. The highest BCUT2D eigenvalue weighted by molar-refractivity contribution is 5.72. The monoisotopic (exact) mass is 469 g/mol. The lowest BCUT2D eigenvalue weighted by atomic mass is 9.98. The van der Waals surface area contributed by atoms with Gasteiger partial charge in [-0.3, -0.25) is 4.79 Å². The van der Waals surface area contributed by atoms with Crippen molar-refractivity contribution in [2.45, 2.75) is 13.0 Å². The number of esters is 1. The molecule has 0 N–H and O–H groups in total. The van der Waals surface area contributed by atoms with Gasteiger partial charge in [0.25, 0.3) is 0 Å². The SMILES string of the molecule is COC(=O)C(Cc1ccc(OCc2ccccc2)cc1)C[N+](C)(C)C.[I-]. The fourth-order valence-corrected chi connectivity index (χ4v) is 2.80. The van der Waals surface area contributed by atoms with Gasteiger partial charge < -0.3 is 37.9 Å². The predicted octanol–water partition coefficient (Wildman–Crippen LogP) is 0.308. The molecule has 5 heteroatoms. The van der Waals surface area contributed by atoms with Crippen LogP contribution in [0.25, 0.3) is 0 Å².